The van der Waals surface area contributed by atoms with Crippen LogP contribution in [0, 0.1) is 0 Å². The average molecular weight is 418 g/mol. The molecule has 0 amide bonds. The van der Waals surface area contributed by atoms with Gasteiger partial charge in [-0.1, -0.05) is 35.5 Å². The number of nitrogens with zero attached hydrogens (tertiary/aromatic N) is 3. The molecule has 0 fully saturated rings. The lowest BCUT2D eigenvalue weighted by atomic mass is 10.1. The number of rotatable bonds is 8. The lowest BCUT2D eigenvalue weighted by molar-refractivity contribution is 0.101. The topological polar surface area (TPSA) is 77.2 Å². The smallest absolute Gasteiger partial charge is 0.191 e. The van der Waals surface area contributed by atoms with Crippen LogP contribution in [0.25, 0.3) is 11.4 Å². The molecule has 1 heterocycles. The van der Waals surface area contributed by atoms with E-state index in [0.29, 0.717) is 33.1 Å². The SMILES string of the molecule is CC(=O)c1ccc(OCC(O)CSc2nnc(-c3ccccc3Cl)n2C)cc1. The standard InChI is InChI=1S/C20H20ClN3O3S/c1-13(25)14-7-9-16(10-8-14)27-11-15(26)12-28-20-23-22-19(24(20)2)17-5-3-4-6-18(17)21/h3-10,15,26H,11-12H2,1-2H3. The highest BCUT2D eigenvalue weighted by atomic mass is 35.5. The molecule has 0 bridgehead atoms. The number of ether oxygens (including phenoxy) is 1. The zero-order chi connectivity index (χ0) is 20.1. The third-order valence-electron chi connectivity index (χ3n) is 4.06. The molecule has 1 aromatic heterocycles. The molecule has 0 radical (unpaired) electrons. The van der Waals surface area contributed by atoms with Crippen molar-refractivity contribution in [2.75, 3.05) is 12.4 Å². The highest BCUT2D eigenvalue weighted by Crippen LogP contribution is 2.28. The summed E-state index contributed by atoms with van der Waals surface area (Å²) in [7, 11) is 1.86. The maximum absolute atomic E-state index is 11.3. The highest BCUT2D eigenvalue weighted by Gasteiger charge is 2.15. The predicted octanol–water partition coefficient (Wildman–Crippen LogP) is 3.87. The van der Waals surface area contributed by atoms with E-state index in [1.165, 1.54) is 18.7 Å². The van der Waals surface area contributed by atoms with Crippen molar-refractivity contribution < 1.29 is 14.6 Å². The Balaban J connectivity index is 1.54. The van der Waals surface area contributed by atoms with Crippen molar-refractivity contribution >= 4 is 29.1 Å². The molecule has 1 unspecified atom stereocenters. The number of aliphatic hydroxyl groups excluding tert-OH is 1. The van der Waals surface area contributed by atoms with Gasteiger partial charge in [-0.15, -0.1) is 10.2 Å². The van der Waals surface area contributed by atoms with Gasteiger partial charge in [0.15, 0.2) is 16.8 Å². The zero-order valence-corrected chi connectivity index (χ0v) is 17.1. The summed E-state index contributed by atoms with van der Waals surface area (Å²) in [4.78, 5) is 11.3. The quantitative estimate of drug-likeness (QED) is 0.443. The number of ketones is 1. The molecule has 146 valence electrons. The van der Waals surface area contributed by atoms with Gasteiger partial charge in [0.1, 0.15) is 12.4 Å². The first-order valence-corrected chi connectivity index (χ1v) is 10.0. The van der Waals surface area contributed by atoms with Gasteiger partial charge in [0.05, 0.1) is 11.1 Å². The summed E-state index contributed by atoms with van der Waals surface area (Å²) in [6.45, 7) is 1.65. The van der Waals surface area contributed by atoms with Crippen LogP contribution in [0.15, 0.2) is 53.7 Å². The lowest BCUT2D eigenvalue weighted by Crippen LogP contribution is -2.20. The largest absolute Gasteiger partial charge is 0.491 e. The maximum Gasteiger partial charge on any atom is 0.191 e. The molecule has 0 saturated heterocycles. The Morgan fingerprint density at radius 3 is 2.61 bits per heavy atom. The average Bonchev–Trinajstić information content (AvgIpc) is 3.05. The number of halogens is 1. The number of hydrogen-bond acceptors (Lipinski definition) is 6. The summed E-state index contributed by atoms with van der Waals surface area (Å²) in [5.41, 5.74) is 1.43. The monoisotopic (exact) mass is 417 g/mol. The fourth-order valence-corrected chi connectivity index (χ4v) is 3.55. The van der Waals surface area contributed by atoms with Crippen LogP contribution in [0.3, 0.4) is 0 Å². The fourth-order valence-electron chi connectivity index (χ4n) is 2.51. The van der Waals surface area contributed by atoms with Gasteiger partial charge in [0.25, 0.3) is 0 Å². The molecule has 28 heavy (non-hydrogen) atoms. The summed E-state index contributed by atoms with van der Waals surface area (Å²) < 4.78 is 7.42. The first-order chi connectivity index (χ1) is 13.5. The van der Waals surface area contributed by atoms with Crippen molar-refractivity contribution in [1.29, 1.82) is 0 Å². The Hall–Kier alpha value is -2.35. The van der Waals surface area contributed by atoms with Crippen molar-refractivity contribution in [1.82, 2.24) is 14.8 Å². The summed E-state index contributed by atoms with van der Waals surface area (Å²) in [5, 5.41) is 19.9. The van der Waals surface area contributed by atoms with Crippen LogP contribution < -0.4 is 4.74 Å². The second-order valence-electron chi connectivity index (χ2n) is 6.20. The molecule has 0 saturated carbocycles. The molecular formula is C20H20ClN3O3S. The number of thioether (sulfide) groups is 1. The van der Waals surface area contributed by atoms with E-state index in [2.05, 4.69) is 10.2 Å². The van der Waals surface area contributed by atoms with Gasteiger partial charge in [-0.2, -0.15) is 0 Å². The van der Waals surface area contributed by atoms with Crippen molar-refractivity contribution in [2.24, 2.45) is 7.05 Å². The van der Waals surface area contributed by atoms with Gasteiger partial charge < -0.3 is 14.4 Å². The summed E-state index contributed by atoms with van der Waals surface area (Å²) in [6, 6.07) is 14.3. The summed E-state index contributed by atoms with van der Waals surface area (Å²) >= 11 is 7.62. The maximum atomic E-state index is 11.3. The molecule has 3 aromatic rings. The van der Waals surface area contributed by atoms with Gasteiger partial charge in [-0.25, -0.2) is 0 Å². The second kappa shape index (κ2) is 9.23. The molecule has 0 aliphatic heterocycles. The number of carbonyl (C=O) groups is 1. The van der Waals surface area contributed by atoms with E-state index in [0.717, 1.165) is 5.56 Å². The van der Waals surface area contributed by atoms with E-state index in [1.807, 2.05) is 35.9 Å². The Labute approximate surface area is 172 Å². The number of hydrogen-bond donors (Lipinski definition) is 1. The third kappa shape index (κ3) is 4.92. The summed E-state index contributed by atoms with van der Waals surface area (Å²) in [5.74, 6) is 1.68. The number of carbonyl (C=O) groups excluding carboxylic acids is 1. The normalized spacial score (nSPS) is 12.0. The Bertz CT molecular complexity index is 960. The number of benzene rings is 2. The Kier molecular flexibility index (Phi) is 6.72. The van der Waals surface area contributed by atoms with Crippen molar-refractivity contribution in [3.63, 3.8) is 0 Å². The van der Waals surface area contributed by atoms with Gasteiger partial charge in [-0.05, 0) is 43.3 Å². The van der Waals surface area contributed by atoms with Crippen molar-refractivity contribution in [3.05, 3.63) is 59.1 Å². The summed E-state index contributed by atoms with van der Waals surface area (Å²) in [6.07, 6.45) is -0.682. The van der Waals surface area contributed by atoms with E-state index >= 15 is 0 Å². The van der Waals surface area contributed by atoms with E-state index in [9.17, 15) is 9.90 Å². The minimum Gasteiger partial charge on any atom is -0.491 e. The van der Waals surface area contributed by atoms with E-state index in [1.54, 1.807) is 24.3 Å². The molecule has 1 atom stereocenters. The zero-order valence-electron chi connectivity index (χ0n) is 15.5. The minimum atomic E-state index is -0.682. The first-order valence-electron chi connectivity index (χ1n) is 8.64. The molecule has 1 N–H and O–H groups in total. The second-order valence-corrected chi connectivity index (χ2v) is 7.60. The van der Waals surface area contributed by atoms with Crippen LogP contribution in [0.2, 0.25) is 5.02 Å². The van der Waals surface area contributed by atoms with Crippen LogP contribution in [0.5, 0.6) is 5.75 Å². The molecule has 0 aliphatic rings. The molecule has 0 spiro atoms. The number of Topliss-reactive ketones (excluding diaryl/α,β-unsaturated/α-hetero) is 1. The molecule has 8 heteroatoms. The van der Waals surface area contributed by atoms with Crippen LogP contribution >= 0.6 is 23.4 Å². The van der Waals surface area contributed by atoms with Crippen LogP contribution in [0.1, 0.15) is 17.3 Å². The van der Waals surface area contributed by atoms with Crippen LogP contribution in [-0.4, -0.2) is 44.1 Å². The van der Waals surface area contributed by atoms with Gasteiger partial charge >= 0.3 is 0 Å². The molecule has 3 rings (SSSR count). The van der Waals surface area contributed by atoms with Crippen LogP contribution in [-0.2, 0) is 7.05 Å². The molecular weight excluding hydrogens is 398 g/mol. The molecule has 0 aliphatic carbocycles. The van der Waals surface area contributed by atoms with Crippen LogP contribution in [0.4, 0.5) is 0 Å². The fraction of sp³-hybridized carbons (Fsp3) is 0.250. The minimum absolute atomic E-state index is 0.00261. The van der Waals surface area contributed by atoms with Gasteiger partial charge in [-0.3, -0.25) is 4.79 Å². The van der Waals surface area contributed by atoms with Crippen molar-refractivity contribution in [3.8, 4) is 17.1 Å². The predicted molar refractivity (Wildman–Crippen MR) is 110 cm³/mol. The van der Waals surface area contributed by atoms with Gasteiger partial charge in [0.2, 0.25) is 0 Å². The first kappa shape index (κ1) is 20.4. The van der Waals surface area contributed by atoms with Gasteiger partial charge in [0, 0.05) is 23.9 Å². The number of aromatic nitrogens is 3. The lowest BCUT2D eigenvalue weighted by Gasteiger charge is -2.12. The van der Waals surface area contributed by atoms with E-state index < -0.39 is 6.10 Å². The number of aliphatic hydroxyl groups is 1. The third-order valence-corrected chi connectivity index (χ3v) is 5.55. The van der Waals surface area contributed by atoms with E-state index in [-0.39, 0.29) is 12.4 Å². The molecule has 2 aromatic carbocycles. The highest BCUT2D eigenvalue weighted by molar-refractivity contribution is 7.99. The molecule has 6 nitrogen and oxygen atoms in total. The van der Waals surface area contributed by atoms with Crippen molar-refractivity contribution in [2.45, 2.75) is 18.2 Å². The Morgan fingerprint density at radius 2 is 1.93 bits per heavy atom. The van der Waals surface area contributed by atoms with E-state index in [4.69, 9.17) is 16.3 Å². The Morgan fingerprint density at radius 1 is 1.21 bits per heavy atom.